The molecule has 5 aromatic rings. The van der Waals surface area contributed by atoms with Gasteiger partial charge in [-0.3, -0.25) is 14.3 Å². The van der Waals surface area contributed by atoms with Gasteiger partial charge in [-0.1, -0.05) is 111 Å². The predicted octanol–water partition coefficient (Wildman–Crippen LogP) is 7.34. The van der Waals surface area contributed by atoms with E-state index in [1.165, 1.54) is 4.90 Å². The van der Waals surface area contributed by atoms with E-state index >= 15 is 0 Å². The Morgan fingerprint density at radius 1 is 0.907 bits per heavy atom. The van der Waals surface area contributed by atoms with E-state index in [2.05, 4.69) is 24.3 Å². The summed E-state index contributed by atoms with van der Waals surface area (Å²) >= 11 is 5.28. The number of hydrogen-bond donors (Lipinski definition) is 1. The van der Waals surface area contributed by atoms with Gasteiger partial charge in [0.1, 0.15) is 17.4 Å². The highest BCUT2D eigenvalue weighted by Crippen LogP contribution is 2.45. The molecule has 4 aromatic carbocycles. The molecule has 0 fully saturated rings. The number of hydrogen-bond acceptors (Lipinski definition) is 4. The fourth-order valence-corrected chi connectivity index (χ4v) is 6.26. The molecule has 0 unspecified atom stereocenters. The Labute approximate surface area is 256 Å². The summed E-state index contributed by atoms with van der Waals surface area (Å²) in [6, 6.07) is 31.6. The van der Waals surface area contributed by atoms with Crippen molar-refractivity contribution < 1.29 is 9.53 Å². The van der Waals surface area contributed by atoms with E-state index in [4.69, 9.17) is 22.7 Å². The van der Waals surface area contributed by atoms with E-state index in [0.717, 1.165) is 33.4 Å². The molecule has 6 nitrogen and oxygen atoms in total. The summed E-state index contributed by atoms with van der Waals surface area (Å²) in [4.78, 5) is 29.7. The third-order valence-electron chi connectivity index (χ3n) is 8.07. The van der Waals surface area contributed by atoms with Crippen LogP contribution in [0, 0.1) is 5.92 Å². The van der Waals surface area contributed by atoms with Crippen LogP contribution in [-0.4, -0.2) is 29.3 Å². The van der Waals surface area contributed by atoms with Crippen molar-refractivity contribution in [1.29, 1.82) is 0 Å². The quantitative estimate of drug-likeness (QED) is 0.202. The van der Waals surface area contributed by atoms with Crippen molar-refractivity contribution >= 4 is 39.9 Å². The molecule has 0 bridgehead atoms. The average molecular weight is 588 g/mol. The lowest BCUT2D eigenvalue weighted by Crippen LogP contribution is -2.36. The number of aromatic nitrogens is 1. The highest BCUT2D eigenvalue weighted by atomic mass is 32.1. The minimum absolute atomic E-state index is 0.0825. The van der Waals surface area contributed by atoms with E-state index in [0.29, 0.717) is 28.7 Å². The van der Waals surface area contributed by atoms with Crippen LogP contribution in [0.4, 0.5) is 10.6 Å². The van der Waals surface area contributed by atoms with E-state index in [-0.39, 0.29) is 29.0 Å². The number of carbonyl (C=O) groups excluding carboxylic acids is 1. The zero-order valence-electron chi connectivity index (χ0n) is 24.4. The standard InChI is InChI=1S/C36H33N3O3S/c1-22(2)20-39-34(32(23-11-5-4-6-12-23)30-19-24(33(37)43)17-18-29(30)35(39)40)38(3)36(41)42-21-31-27-15-9-7-13-25(27)26-14-8-10-16-28(26)31/h4-19,22,31H,20-21H2,1-3H3,(H2,37,43). The van der Waals surface area contributed by atoms with Crippen LogP contribution < -0.4 is 16.2 Å². The van der Waals surface area contributed by atoms with Gasteiger partial charge in [-0.2, -0.15) is 0 Å². The second-order valence-corrected chi connectivity index (χ2v) is 11.8. The van der Waals surface area contributed by atoms with E-state index in [9.17, 15) is 9.59 Å². The largest absolute Gasteiger partial charge is 0.448 e. The van der Waals surface area contributed by atoms with Crippen LogP contribution in [0.25, 0.3) is 33.0 Å². The molecular weight excluding hydrogens is 554 g/mol. The lowest BCUT2D eigenvalue weighted by molar-refractivity contribution is 0.151. The van der Waals surface area contributed by atoms with Gasteiger partial charge in [0.25, 0.3) is 5.56 Å². The first-order valence-corrected chi connectivity index (χ1v) is 14.8. The zero-order valence-corrected chi connectivity index (χ0v) is 25.2. The number of ether oxygens (including phenoxy) is 1. The van der Waals surface area contributed by atoms with Crippen LogP contribution in [-0.2, 0) is 11.3 Å². The summed E-state index contributed by atoms with van der Waals surface area (Å²) in [6.07, 6.45) is -0.541. The number of nitrogens with two attached hydrogens (primary N) is 1. The van der Waals surface area contributed by atoms with Gasteiger partial charge in [0.15, 0.2) is 0 Å². The Kier molecular flexibility index (Phi) is 7.59. The molecule has 7 heteroatoms. The summed E-state index contributed by atoms with van der Waals surface area (Å²) < 4.78 is 7.74. The van der Waals surface area contributed by atoms with Crippen molar-refractivity contribution in [2.45, 2.75) is 26.3 Å². The second-order valence-electron chi connectivity index (χ2n) is 11.4. The number of thiocarbonyl (C=S) groups is 1. The number of pyridine rings is 1. The van der Waals surface area contributed by atoms with E-state index in [1.54, 1.807) is 23.7 Å². The van der Waals surface area contributed by atoms with Crippen LogP contribution in [0.15, 0.2) is 102 Å². The van der Waals surface area contributed by atoms with Crippen LogP contribution in [0.1, 0.15) is 36.5 Å². The summed E-state index contributed by atoms with van der Waals surface area (Å²) in [5.41, 5.74) is 12.7. The molecule has 0 spiro atoms. The second kappa shape index (κ2) is 11.5. The van der Waals surface area contributed by atoms with Gasteiger partial charge in [0.05, 0.1) is 0 Å². The molecule has 1 aliphatic rings. The van der Waals surface area contributed by atoms with Crippen LogP contribution in [0.2, 0.25) is 0 Å². The first-order chi connectivity index (χ1) is 20.8. The van der Waals surface area contributed by atoms with Gasteiger partial charge in [-0.25, -0.2) is 4.79 Å². The average Bonchev–Trinajstić information content (AvgIpc) is 3.34. The molecule has 0 radical (unpaired) electrons. The molecule has 6 rings (SSSR count). The smallest absolute Gasteiger partial charge is 0.415 e. The van der Waals surface area contributed by atoms with Crippen molar-refractivity contribution in [3.8, 4) is 22.3 Å². The molecule has 0 saturated carbocycles. The number of amides is 1. The fraction of sp³-hybridized carbons (Fsp3) is 0.194. The molecule has 43 heavy (non-hydrogen) atoms. The number of nitrogens with zero attached hydrogens (tertiary/aromatic N) is 2. The summed E-state index contributed by atoms with van der Waals surface area (Å²) in [7, 11) is 1.67. The lowest BCUT2D eigenvalue weighted by Gasteiger charge is -2.27. The highest BCUT2D eigenvalue weighted by molar-refractivity contribution is 7.80. The van der Waals surface area contributed by atoms with Crippen molar-refractivity contribution in [2.75, 3.05) is 18.6 Å². The molecule has 0 atom stereocenters. The Balaban J connectivity index is 1.47. The topological polar surface area (TPSA) is 77.6 Å². The first-order valence-electron chi connectivity index (χ1n) is 14.4. The maximum absolute atomic E-state index is 14.0. The van der Waals surface area contributed by atoms with Crippen molar-refractivity contribution in [3.05, 3.63) is 124 Å². The van der Waals surface area contributed by atoms with E-state index in [1.807, 2.05) is 74.5 Å². The molecule has 1 aliphatic carbocycles. The lowest BCUT2D eigenvalue weighted by atomic mass is 9.96. The Morgan fingerprint density at radius 2 is 1.51 bits per heavy atom. The molecule has 216 valence electrons. The zero-order chi connectivity index (χ0) is 30.2. The summed E-state index contributed by atoms with van der Waals surface area (Å²) in [6.45, 7) is 4.69. The monoisotopic (exact) mass is 587 g/mol. The Hall–Kier alpha value is -4.75. The van der Waals surface area contributed by atoms with Crippen LogP contribution in [0.5, 0.6) is 0 Å². The molecule has 0 aliphatic heterocycles. The number of fused-ring (bicyclic) bond motifs is 4. The van der Waals surface area contributed by atoms with Crippen molar-refractivity contribution in [2.24, 2.45) is 11.7 Å². The minimum atomic E-state index is -0.541. The molecule has 0 saturated heterocycles. The fourth-order valence-electron chi connectivity index (χ4n) is 6.14. The number of anilines is 1. The van der Waals surface area contributed by atoms with E-state index < -0.39 is 6.09 Å². The van der Waals surface area contributed by atoms with Crippen molar-refractivity contribution in [1.82, 2.24) is 4.57 Å². The first kappa shape index (κ1) is 28.4. The van der Waals surface area contributed by atoms with Gasteiger partial charge in [-0.15, -0.1) is 0 Å². The summed E-state index contributed by atoms with van der Waals surface area (Å²) in [5, 5.41) is 1.21. The maximum atomic E-state index is 14.0. The number of carbonyl (C=O) groups is 1. The Bertz CT molecular complexity index is 1890. The Morgan fingerprint density at radius 3 is 2.12 bits per heavy atom. The van der Waals surface area contributed by atoms with Crippen LogP contribution >= 0.6 is 12.2 Å². The molecule has 1 aromatic heterocycles. The normalized spacial score (nSPS) is 12.3. The van der Waals surface area contributed by atoms with Gasteiger partial charge in [0, 0.05) is 36.0 Å². The van der Waals surface area contributed by atoms with Crippen LogP contribution in [0.3, 0.4) is 0 Å². The van der Waals surface area contributed by atoms with Gasteiger partial charge in [0.2, 0.25) is 0 Å². The molecular formula is C36H33N3O3S. The minimum Gasteiger partial charge on any atom is -0.448 e. The molecule has 1 heterocycles. The molecule has 1 amide bonds. The van der Waals surface area contributed by atoms with Crippen molar-refractivity contribution in [3.63, 3.8) is 0 Å². The third-order valence-corrected chi connectivity index (χ3v) is 8.30. The highest BCUT2D eigenvalue weighted by Gasteiger charge is 2.31. The van der Waals surface area contributed by atoms with Gasteiger partial charge >= 0.3 is 6.09 Å². The number of benzene rings is 4. The SMILES string of the molecule is CC(C)Cn1c(N(C)C(=O)OCC2c3ccccc3-c3ccccc32)c(-c2ccccc2)c2cc(C(N)=S)ccc2c1=O. The molecule has 2 N–H and O–H groups in total. The number of rotatable bonds is 7. The van der Waals surface area contributed by atoms with Gasteiger partial charge < -0.3 is 10.5 Å². The maximum Gasteiger partial charge on any atom is 0.415 e. The third kappa shape index (κ3) is 5.10. The van der Waals surface area contributed by atoms with Gasteiger partial charge in [-0.05, 0) is 51.3 Å². The predicted molar refractivity (Wildman–Crippen MR) is 178 cm³/mol. The summed E-state index contributed by atoms with van der Waals surface area (Å²) in [5.74, 6) is 0.528.